The van der Waals surface area contributed by atoms with Gasteiger partial charge in [-0.15, -0.1) is 5.52 Å². The summed E-state index contributed by atoms with van der Waals surface area (Å²) in [5, 5.41) is 3.71. The maximum absolute atomic E-state index is 12.6. The summed E-state index contributed by atoms with van der Waals surface area (Å²) in [5.74, 6) is -0.463. The van der Waals surface area contributed by atoms with Crippen LogP contribution in [-0.4, -0.2) is 10.9 Å². The van der Waals surface area contributed by atoms with Crippen molar-refractivity contribution in [3.05, 3.63) is 73.2 Å². The van der Waals surface area contributed by atoms with Crippen LogP contribution in [0.25, 0.3) is 10.9 Å². The Hall–Kier alpha value is -1.08. The predicted molar refractivity (Wildman–Crippen MR) is 96.4 cm³/mol. The fraction of sp³-hybridized carbons (Fsp3) is 0.118. The molecule has 0 aliphatic carbocycles. The normalized spacial score (nSPS) is 10.4. The molecule has 0 aliphatic heterocycles. The van der Waals surface area contributed by atoms with E-state index >= 15 is 0 Å². The first-order valence-corrected chi connectivity index (χ1v) is 8.28. The van der Waals surface area contributed by atoms with E-state index in [0.717, 1.165) is 5.56 Å². The first kappa shape index (κ1) is 20.2. The van der Waals surface area contributed by atoms with Crippen LogP contribution in [0.2, 0.25) is 5.02 Å². The maximum atomic E-state index is 12.6. The van der Waals surface area contributed by atoms with Crippen molar-refractivity contribution < 1.29 is 37.5 Å². The molecule has 5 nitrogen and oxygen atoms in total. The fourth-order valence-corrected chi connectivity index (χ4v) is 2.96. The zero-order valence-electron chi connectivity index (χ0n) is 13.2. The summed E-state index contributed by atoms with van der Waals surface area (Å²) in [6.07, 6.45) is 1.30. The van der Waals surface area contributed by atoms with Gasteiger partial charge in [-0.1, -0.05) is 23.7 Å². The zero-order chi connectivity index (χ0) is 17.3. The van der Waals surface area contributed by atoms with E-state index in [1.165, 1.54) is 6.20 Å². The number of nitrogens with zero attached hydrogens (tertiary/aromatic N) is 2. The van der Waals surface area contributed by atoms with E-state index in [2.05, 4.69) is 31.2 Å². The minimum atomic E-state index is -0.463. The molecule has 0 spiro atoms. The van der Waals surface area contributed by atoms with Crippen LogP contribution < -0.4 is 15.7 Å². The minimum Gasteiger partial charge on any atom is -0.661 e. The van der Waals surface area contributed by atoms with Crippen LogP contribution in [0, 0.1) is 6.92 Å². The van der Waals surface area contributed by atoms with Crippen molar-refractivity contribution in [2.24, 2.45) is 0 Å². The van der Waals surface area contributed by atoms with Gasteiger partial charge in [0.05, 0.1) is 5.56 Å². The molecular formula is C17H12BrClN3O2Y-. The molecule has 0 atom stereocenters. The molecule has 1 N–H and O–H groups in total. The van der Waals surface area contributed by atoms with Crippen molar-refractivity contribution in [3.63, 3.8) is 0 Å². The molecule has 0 saturated heterocycles. The molecule has 25 heavy (non-hydrogen) atoms. The number of pyridine rings is 2. The Balaban J connectivity index is 0.00000225. The maximum Gasteiger partial charge on any atom is 0.253 e. The molecular weight excluding hydrogens is 482 g/mol. The van der Waals surface area contributed by atoms with Gasteiger partial charge in [-0.05, 0) is 46.6 Å². The number of benzene rings is 1. The smallest absolute Gasteiger partial charge is 0.253 e. The monoisotopic (exact) mass is 493 g/mol. The van der Waals surface area contributed by atoms with Gasteiger partial charge >= 0.3 is 0 Å². The summed E-state index contributed by atoms with van der Waals surface area (Å²) in [4.78, 5) is 33.3. The molecule has 0 saturated carbocycles. The first-order valence-electron chi connectivity index (χ1n) is 7.11. The van der Waals surface area contributed by atoms with Gasteiger partial charge in [0.2, 0.25) is 0 Å². The second-order valence-electron chi connectivity index (χ2n) is 5.24. The van der Waals surface area contributed by atoms with E-state index in [9.17, 15) is 9.59 Å². The third kappa shape index (κ3) is 4.56. The van der Waals surface area contributed by atoms with Crippen molar-refractivity contribution in [1.29, 1.82) is 0 Å². The van der Waals surface area contributed by atoms with Crippen LogP contribution in [0.15, 0.2) is 45.9 Å². The van der Waals surface area contributed by atoms with Gasteiger partial charge in [0.1, 0.15) is 4.60 Å². The molecule has 3 aromatic rings. The summed E-state index contributed by atoms with van der Waals surface area (Å²) in [5.41, 5.74) is 1.66. The van der Waals surface area contributed by atoms with Gasteiger partial charge in [-0.25, -0.2) is 4.98 Å². The van der Waals surface area contributed by atoms with E-state index in [1.54, 1.807) is 25.1 Å². The molecule has 8 heteroatoms. The molecule has 0 fully saturated rings. The number of rotatable bonds is 3. The van der Waals surface area contributed by atoms with Crippen LogP contribution in [0.3, 0.4) is 0 Å². The Bertz CT molecular complexity index is 990. The summed E-state index contributed by atoms with van der Waals surface area (Å²) in [6, 6.07) is 8.69. The molecule has 0 bridgehead atoms. The van der Waals surface area contributed by atoms with Gasteiger partial charge in [-0.3, -0.25) is 9.59 Å². The SMILES string of the molecule is Cc1nc(Br)cc2c(=O)c(C(=O)NCc3ccc(Cl)cc3)c[n-]c12.[Y]. The Labute approximate surface area is 182 Å². The largest absolute Gasteiger partial charge is 0.661 e. The van der Waals surface area contributed by atoms with Crippen LogP contribution >= 0.6 is 27.5 Å². The minimum absolute atomic E-state index is 0. The molecule has 2 heterocycles. The van der Waals surface area contributed by atoms with Gasteiger partial charge in [-0.2, -0.15) is 6.20 Å². The van der Waals surface area contributed by atoms with Crippen LogP contribution in [0.1, 0.15) is 21.6 Å². The number of amides is 1. The summed E-state index contributed by atoms with van der Waals surface area (Å²) >= 11 is 9.08. The molecule has 1 amide bonds. The van der Waals surface area contributed by atoms with Gasteiger partial charge in [0.25, 0.3) is 5.91 Å². The van der Waals surface area contributed by atoms with Gasteiger partial charge in [0, 0.05) is 55.4 Å². The molecule has 0 unspecified atom stereocenters. The van der Waals surface area contributed by atoms with Crippen molar-refractivity contribution in [1.82, 2.24) is 15.3 Å². The van der Waals surface area contributed by atoms with Crippen molar-refractivity contribution in [2.45, 2.75) is 13.5 Å². The van der Waals surface area contributed by atoms with Crippen LogP contribution in [-0.2, 0) is 39.3 Å². The number of carbonyl (C=O) groups is 1. The predicted octanol–water partition coefficient (Wildman–Crippen LogP) is 3.20. The summed E-state index contributed by atoms with van der Waals surface area (Å²) in [7, 11) is 0. The number of carbonyl (C=O) groups excluding carboxylic acids is 1. The second kappa shape index (κ2) is 8.54. The van der Waals surface area contributed by atoms with E-state index in [-0.39, 0.29) is 43.7 Å². The average molecular weight is 495 g/mol. The Morgan fingerprint density at radius 1 is 1.32 bits per heavy atom. The van der Waals surface area contributed by atoms with Crippen LogP contribution in [0.5, 0.6) is 0 Å². The van der Waals surface area contributed by atoms with E-state index in [4.69, 9.17) is 11.6 Å². The number of hydrogen-bond acceptors (Lipinski definition) is 3. The van der Waals surface area contributed by atoms with Crippen molar-refractivity contribution >= 4 is 44.3 Å². The molecule has 125 valence electrons. The summed E-state index contributed by atoms with van der Waals surface area (Å²) in [6.45, 7) is 2.06. The van der Waals surface area contributed by atoms with E-state index in [1.807, 2.05) is 12.1 Å². The topological polar surface area (TPSA) is 73.2 Å². The average Bonchev–Trinajstić information content (AvgIpc) is 2.55. The van der Waals surface area contributed by atoms with Gasteiger partial charge in [0.15, 0.2) is 5.43 Å². The number of hydrogen-bond donors (Lipinski definition) is 1. The first-order chi connectivity index (χ1) is 11.5. The zero-order valence-corrected chi connectivity index (χ0v) is 18.4. The van der Waals surface area contributed by atoms with Crippen LogP contribution in [0.4, 0.5) is 0 Å². The third-order valence-corrected chi connectivity index (χ3v) is 4.22. The Morgan fingerprint density at radius 3 is 2.68 bits per heavy atom. The molecule has 1 radical (unpaired) electrons. The standard InChI is InChI=1S/C17H13BrClN3O2.Y/c1-9-15-12(6-14(18)22-9)16(23)13(8-20-15)17(24)21-7-10-2-4-11(19)5-3-10;/h2-6,8H,7H2,1H3,(H2,20,21,23,24);/p-1. The fourth-order valence-electron chi connectivity index (χ4n) is 2.34. The number of aromatic nitrogens is 2. The number of nitrogens with one attached hydrogen (secondary N) is 1. The van der Waals surface area contributed by atoms with Gasteiger partial charge < -0.3 is 10.3 Å². The summed E-state index contributed by atoms with van der Waals surface area (Å²) < 4.78 is 0.533. The van der Waals surface area contributed by atoms with Crippen molar-refractivity contribution in [3.8, 4) is 0 Å². The molecule has 0 aliphatic rings. The van der Waals surface area contributed by atoms with Crippen molar-refractivity contribution in [2.75, 3.05) is 0 Å². The Kier molecular flexibility index (Phi) is 6.91. The van der Waals surface area contributed by atoms with E-state index in [0.29, 0.717) is 32.8 Å². The number of halogens is 2. The Morgan fingerprint density at radius 2 is 2.00 bits per heavy atom. The quantitative estimate of drug-likeness (QED) is 0.568. The molecule has 1 aromatic carbocycles. The number of aryl methyl sites for hydroxylation is 1. The third-order valence-electron chi connectivity index (χ3n) is 3.56. The molecule has 3 rings (SSSR count). The van der Waals surface area contributed by atoms with E-state index < -0.39 is 5.91 Å². The number of fused-ring (bicyclic) bond motifs is 1. The second-order valence-corrected chi connectivity index (χ2v) is 6.49. The molecule has 2 aromatic heterocycles.